The van der Waals surface area contributed by atoms with E-state index >= 15 is 0 Å². The van der Waals surface area contributed by atoms with Gasteiger partial charge in [-0.3, -0.25) is 0 Å². The number of nitrogens with zero attached hydrogens (tertiary/aromatic N) is 2. The van der Waals surface area contributed by atoms with Gasteiger partial charge in [0.2, 0.25) is 0 Å². The van der Waals surface area contributed by atoms with Crippen molar-refractivity contribution >= 4 is 17.2 Å². The number of nitrogen functional groups attached to an aromatic ring is 1. The Hall–Kier alpha value is -1.29. The van der Waals surface area contributed by atoms with Crippen LogP contribution in [0.3, 0.4) is 0 Å². The molecule has 1 saturated carbocycles. The Morgan fingerprint density at radius 2 is 2.38 bits per heavy atom. The van der Waals surface area contributed by atoms with E-state index in [1.54, 1.807) is 11.3 Å². The second kappa shape index (κ2) is 3.63. The Labute approximate surface area is 98.9 Å². The first-order chi connectivity index (χ1) is 7.75. The third kappa shape index (κ3) is 1.63. The lowest BCUT2D eigenvalue weighted by atomic mass is 10.2. The van der Waals surface area contributed by atoms with Crippen molar-refractivity contribution < 1.29 is 0 Å². The van der Waals surface area contributed by atoms with Crippen LogP contribution in [0.25, 0.3) is 10.6 Å². The number of hydrogen-bond acceptors (Lipinski definition) is 3. The summed E-state index contributed by atoms with van der Waals surface area (Å²) in [6.45, 7) is 2.21. The topological polar surface area (TPSA) is 43.8 Å². The fourth-order valence-electron chi connectivity index (χ4n) is 2.06. The van der Waals surface area contributed by atoms with Gasteiger partial charge in [-0.25, -0.2) is 4.68 Å². The fourth-order valence-corrected chi connectivity index (χ4v) is 2.74. The van der Waals surface area contributed by atoms with Gasteiger partial charge >= 0.3 is 0 Å². The highest BCUT2D eigenvalue weighted by Crippen LogP contribution is 2.40. The van der Waals surface area contributed by atoms with Crippen LogP contribution in [0.2, 0.25) is 0 Å². The summed E-state index contributed by atoms with van der Waals surface area (Å²) in [5, 5.41) is 6.68. The molecule has 2 aromatic heterocycles. The molecule has 0 aromatic carbocycles. The molecule has 1 unspecified atom stereocenters. The van der Waals surface area contributed by atoms with Gasteiger partial charge in [0.05, 0.1) is 10.9 Å². The summed E-state index contributed by atoms with van der Waals surface area (Å²) >= 11 is 1.70. The standard InChI is InChI=1S/C12H15N3S/c1-8(9-4-5-9)15-12(13)7-10(14-15)11-3-2-6-16-11/h2-3,6-9H,4-5,13H2,1H3. The van der Waals surface area contributed by atoms with Crippen LogP contribution in [-0.2, 0) is 0 Å². The lowest BCUT2D eigenvalue weighted by Crippen LogP contribution is -2.11. The van der Waals surface area contributed by atoms with E-state index in [1.807, 2.05) is 16.8 Å². The average Bonchev–Trinajstić information content (AvgIpc) is 2.84. The molecule has 3 rings (SSSR count). The average molecular weight is 233 g/mol. The van der Waals surface area contributed by atoms with Gasteiger partial charge in [-0.15, -0.1) is 11.3 Å². The lowest BCUT2D eigenvalue weighted by Gasteiger charge is -2.12. The van der Waals surface area contributed by atoms with Crippen molar-refractivity contribution in [3.8, 4) is 10.6 Å². The number of hydrogen-bond donors (Lipinski definition) is 1. The molecule has 1 aliphatic rings. The minimum Gasteiger partial charge on any atom is -0.384 e. The number of aromatic nitrogens is 2. The smallest absolute Gasteiger partial charge is 0.122 e. The van der Waals surface area contributed by atoms with Crippen LogP contribution < -0.4 is 5.73 Å². The van der Waals surface area contributed by atoms with Crippen molar-refractivity contribution in [1.29, 1.82) is 0 Å². The Morgan fingerprint density at radius 3 is 3.00 bits per heavy atom. The van der Waals surface area contributed by atoms with E-state index in [1.165, 1.54) is 17.7 Å². The predicted molar refractivity (Wildman–Crippen MR) is 67.4 cm³/mol. The molecule has 0 spiro atoms. The van der Waals surface area contributed by atoms with Gasteiger partial charge in [-0.1, -0.05) is 6.07 Å². The normalized spacial score (nSPS) is 17.6. The zero-order valence-corrected chi connectivity index (χ0v) is 10.1. The second-order valence-electron chi connectivity index (χ2n) is 4.45. The molecular formula is C12H15N3S. The zero-order valence-electron chi connectivity index (χ0n) is 9.26. The van der Waals surface area contributed by atoms with Crippen LogP contribution >= 0.6 is 11.3 Å². The molecule has 0 bridgehead atoms. The van der Waals surface area contributed by atoms with E-state index in [0.717, 1.165) is 17.4 Å². The first-order valence-corrected chi connectivity index (χ1v) is 6.52. The summed E-state index contributed by atoms with van der Waals surface area (Å²) in [4.78, 5) is 1.19. The van der Waals surface area contributed by atoms with Crippen LogP contribution in [0.1, 0.15) is 25.8 Å². The zero-order chi connectivity index (χ0) is 11.1. The molecule has 2 heterocycles. The fraction of sp³-hybridized carbons (Fsp3) is 0.417. The second-order valence-corrected chi connectivity index (χ2v) is 5.40. The van der Waals surface area contributed by atoms with Gasteiger partial charge in [0, 0.05) is 6.07 Å². The van der Waals surface area contributed by atoms with Gasteiger partial charge in [-0.05, 0) is 37.1 Å². The summed E-state index contributed by atoms with van der Waals surface area (Å²) in [6, 6.07) is 6.54. The first-order valence-electron chi connectivity index (χ1n) is 5.64. The maximum absolute atomic E-state index is 6.02. The van der Waals surface area contributed by atoms with Gasteiger partial charge in [-0.2, -0.15) is 5.10 Å². The Bertz CT molecular complexity index is 482. The minimum absolute atomic E-state index is 0.439. The molecular weight excluding hydrogens is 218 g/mol. The van der Waals surface area contributed by atoms with E-state index in [2.05, 4.69) is 23.5 Å². The molecule has 1 fully saturated rings. The molecule has 2 N–H and O–H groups in total. The van der Waals surface area contributed by atoms with E-state index in [4.69, 9.17) is 5.73 Å². The first kappa shape index (κ1) is 9.90. The van der Waals surface area contributed by atoms with Crippen LogP contribution in [0.4, 0.5) is 5.82 Å². The van der Waals surface area contributed by atoms with Crippen LogP contribution in [0.5, 0.6) is 0 Å². The third-order valence-corrected chi connectivity index (χ3v) is 4.12. The summed E-state index contributed by atoms with van der Waals surface area (Å²) in [5.41, 5.74) is 7.02. The highest BCUT2D eigenvalue weighted by molar-refractivity contribution is 7.13. The summed E-state index contributed by atoms with van der Waals surface area (Å²) < 4.78 is 1.98. The maximum Gasteiger partial charge on any atom is 0.122 e. The van der Waals surface area contributed by atoms with Gasteiger partial charge in [0.25, 0.3) is 0 Å². The van der Waals surface area contributed by atoms with Crippen molar-refractivity contribution in [2.24, 2.45) is 5.92 Å². The highest BCUT2D eigenvalue weighted by Gasteiger charge is 2.30. The van der Waals surface area contributed by atoms with Crippen molar-refractivity contribution in [2.45, 2.75) is 25.8 Å². The summed E-state index contributed by atoms with van der Waals surface area (Å²) in [7, 11) is 0. The molecule has 84 valence electrons. The van der Waals surface area contributed by atoms with E-state index in [9.17, 15) is 0 Å². The van der Waals surface area contributed by atoms with Gasteiger partial charge in [0.1, 0.15) is 11.5 Å². The molecule has 1 atom stereocenters. The molecule has 16 heavy (non-hydrogen) atoms. The summed E-state index contributed by atoms with van der Waals surface area (Å²) in [5.74, 6) is 1.56. The molecule has 0 aliphatic heterocycles. The quantitative estimate of drug-likeness (QED) is 0.885. The van der Waals surface area contributed by atoms with Crippen LogP contribution in [0.15, 0.2) is 23.6 Å². The van der Waals surface area contributed by atoms with Crippen molar-refractivity contribution in [1.82, 2.24) is 9.78 Å². The minimum atomic E-state index is 0.439. The molecule has 0 amide bonds. The SMILES string of the molecule is CC(C1CC1)n1nc(-c2cccs2)cc1N. The molecule has 3 nitrogen and oxygen atoms in total. The molecule has 1 aliphatic carbocycles. The van der Waals surface area contributed by atoms with Crippen LogP contribution in [0, 0.1) is 5.92 Å². The van der Waals surface area contributed by atoms with Gasteiger partial charge < -0.3 is 5.73 Å². The van der Waals surface area contributed by atoms with Crippen LogP contribution in [-0.4, -0.2) is 9.78 Å². The number of thiophene rings is 1. The Balaban J connectivity index is 1.95. The number of anilines is 1. The molecule has 0 saturated heterocycles. The number of nitrogens with two attached hydrogens (primary N) is 1. The predicted octanol–water partition coefficient (Wildman–Crippen LogP) is 3.16. The van der Waals surface area contributed by atoms with E-state index in [-0.39, 0.29) is 0 Å². The van der Waals surface area contributed by atoms with Gasteiger partial charge in [0.15, 0.2) is 0 Å². The number of rotatable bonds is 3. The Morgan fingerprint density at radius 1 is 1.56 bits per heavy atom. The molecule has 0 radical (unpaired) electrons. The van der Waals surface area contributed by atoms with Crippen molar-refractivity contribution in [2.75, 3.05) is 5.73 Å². The largest absolute Gasteiger partial charge is 0.384 e. The van der Waals surface area contributed by atoms with E-state index in [0.29, 0.717) is 6.04 Å². The third-order valence-electron chi connectivity index (χ3n) is 3.23. The van der Waals surface area contributed by atoms with Crippen molar-refractivity contribution in [3.63, 3.8) is 0 Å². The summed E-state index contributed by atoms with van der Waals surface area (Å²) in [6.07, 6.45) is 2.63. The van der Waals surface area contributed by atoms with Crippen molar-refractivity contribution in [3.05, 3.63) is 23.6 Å². The molecule has 2 aromatic rings. The lowest BCUT2D eigenvalue weighted by molar-refractivity contribution is 0.447. The monoisotopic (exact) mass is 233 g/mol. The maximum atomic E-state index is 6.02. The molecule has 4 heteroatoms. The van der Waals surface area contributed by atoms with E-state index < -0.39 is 0 Å². The Kier molecular flexibility index (Phi) is 2.24. The highest BCUT2D eigenvalue weighted by atomic mass is 32.1.